The van der Waals surface area contributed by atoms with Gasteiger partial charge in [0.15, 0.2) is 11.5 Å². The normalized spacial score (nSPS) is 18.4. The van der Waals surface area contributed by atoms with Gasteiger partial charge in [0.2, 0.25) is 5.88 Å². The number of nitrogens with two attached hydrogens (primary N) is 1. The van der Waals surface area contributed by atoms with Crippen molar-refractivity contribution in [2.24, 2.45) is 11.1 Å². The number of benzene rings is 1. The van der Waals surface area contributed by atoms with E-state index >= 15 is 0 Å². The predicted molar refractivity (Wildman–Crippen MR) is 159 cm³/mol. The molecule has 14 heteroatoms. The third-order valence-corrected chi connectivity index (χ3v) is 7.18. The van der Waals surface area contributed by atoms with Crippen LogP contribution in [0.15, 0.2) is 30.5 Å². The van der Waals surface area contributed by atoms with Gasteiger partial charge in [-0.25, -0.2) is 4.98 Å². The number of aromatic nitrogens is 1. The van der Waals surface area contributed by atoms with Crippen LogP contribution in [0.1, 0.15) is 69.2 Å². The second kappa shape index (κ2) is 15.8. The minimum absolute atomic E-state index is 0. The van der Waals surface area contributed by atoms with Crippen LogP contribution in [-0.2, 0) is 12.8 Å². The number of aliphatic hydroxyl groups excluding tert-OH is 1. The maximum absolute atomic E-state index is 12.8. The average molecular weight is 665 g/mol. The van der Waals surface area contributed by atoms with Crippen molar-refractivity contribution in [1.82, 2.24) is 10.3 Å². The lowest BCUT2D eigenvalue weighted by Crippen LogP contribution is -2.51. The summed E-state index contributed by atoms with van der Waals surface area (Å²) in [5.74, 6) is -0.411. The van der Waals surface area contributed by atoms with Gasteiger partial charge in [0.05, 0.1) is 6.10 Å². The van der Waals surface area contributed by atoms with Crippen LogP contribution >= 0.6 is 37.2 Å². The molecule has 3 atom stereocenters. The molecule has 240 valence electrons. The number of ether oxygens (including phenoxy) is 3. The van der Waals surface area contributed by atoms with Gasteiger partial charge < -0.3 is 30.4 Å². The molecule has 1 fully saturated rings. The van der Waals surface area contributed by atoms with E-state index < -0.39 is 36.9 Å². The third kappa shape index (κ3) is 10.2. The van der Waals surface area contributed by atoms with Crippen molar-refractivity contribution in [3.05, 3.63) is 47.2 Å². The van der Waals surface area contributed by atoms with Gasteiger partial charge >= 0.3 is 13.2 Å². The second-order valence-electron chi connectivity index (χ2n) is 11.8. The highest BCUT2D eigenvalue weighted by molar-refractivity contribution is 5.86. The molecular formula is C28H40Cl3F4N3O4. The van der Waals surface area contributed by atoms with Crippen LogP contribution in [0, 0.1) is 5.41 Å². The van der Waals surface area contributed by atoms with Gasteiger partial charge in [-0.05, 0) is 66.8 Å². The maximum Gasteiger partial charge on any atom is 0.387 e. The van der Waals surface area contributed by atoms with E-state index in [0.29, 0.717) is 11.4 Å². The zero-order valence-corrected chi connectivity index (χ0v) is 26.1. The first-order valence-electron chi connectivity index (χ1n) is 13.2. The van der Waals surface area contributed by atoms with E-state index in [-0.39, 0.29) is 67.2 Å². The van der Waals surface area contributed by atoms with E-state index in [2.05, 4.69) is 46.6 Å². The molecule has 1 saturated carbocycles. The topological polar surface area (TPSA) is 98.9 Å². The number of nitrogens with one attached hydrogen (secondary N) is 1. The molecule has 1 aliphatic carbocycles. The first-order valence-corrected chi connectivity index (χ1v) is 13.2. The number of halogens is 7. The molecule has 2 heterocycles. The molecule has 0 saturated heterocycles. The summed E-state index contributed by atoms with van der Waals surface area (Å²) in [5.41, 5.74) is 8.59. The molecule has 0 amide bonds. The third-order valence-electron chi connectivity index (χ3n) is 7.18. The Labute approximate surface area is 262 Å². The summed E-state index contributed by atoms with van der Waals surface area (Å²) in [6.07, 6.45) is 5.60. The Morgan fingerprint density at radius 1 is 1.05 bits per heavy atom. The van der Waals surface area contributed by atoms with Gasteiger partial charge in [0.25, 0.3) is 0 Å². The molecule has 2 aromatic rings. The Hall–Kier alpha value is -1.76. The maximum atomic E-state index is 12.8. The molecule has 1 spiro atoms. The lowest BCUT2D eigenvalue weighted by Gasteiger charge is -2.47. The highest BCUT2D eigenvalue weighted by Gasteiger charge is 2.46. The zero-order valence-electron chi connectivity index (χ0n) is 23.7. The SMILES string of the molecule is CC(C)(C)Cc1cnc2c(c1)[C@@H](NC[C@@H](O)[C@@H](N)Cc1ccc(OC(F)F)c(OC(F)F)c1)CC1(CCC1)O2.Cl.Cl.Cl. The van der Waals surface area contributed by atoms with Crippen LogP contribution < -0.4 is 25.3 Å². The molecule has 4 rings (SSSR count). The largest absolute Gasteiger partial charge is 0.471 e. The van der Waals surface area contributed by atoms with Gasteiger partial charge in [-0.1, -0.05) is 26.8 Å². The molecule has 0 bridgehead atoms. The van der Waals surface area contributed by atoms with Crippen molar-refractivity contribution < 1.29 is 36.9 Å². The molecule has 1 aromatic carbocycles. The van der Waals surface area contributed by atoms with E-state index in [1.54, 1.807) is 0 Å². The number of fused-ring (bicyclic) bond motifs is 1. The van der Waals surface area contributed by atoms with Gasteiger partial charge in [0, 0.05) is 36.8 Å². The molecule has 1 aliphatic heterocycles. The zero-order chi connectivity index (χ0) is 28.4. The summed E-state index contributed by atoms with van der Waals surface area (Å²) in [5, 5.41) is 14.3. The van der Waals surface area contributed by atoms with Gasteiger partial charge in [-0.2, -0.15) is 17.6 Å². The molecule has 1 aromatic heterocycles. The Balaban J connectivity index is 0.00000294. The Bertz CT molecular complexity index is 1140. The minimum Gasteiger partial charge on any atom is -0.471 e. The summed E-state index contributed by atoms with van der Waals surface area (Å²) >= 11 is 0. The molecule has 2 aliphatic rings. The minimum atomic E-state index is -3.22. The van der Waals surface area contributed by atoms with Crippen molar-refractivity contribution >= 4 is 37.2 Å². The number of hydrogen-bond donors (Lipinski definition) is 3. The van der Waals surface area contributed by atoms with Crippen molar-refractivity contribution in [3.8, 4) is 17.4 Å². The molecule has 0 radical (unpaired) electrons. The number of rotatable bonds is 11. The van der Waals surface area contributed by atoms with E-state index in [1.165, 1.54) is 12.1 Å². The van der Waals surface area contributed by atoms with E-state index in [1.807, 2.05) is 6.20 Å². The van der Waals surface area contributed by atoms with E-state index in [4.69, 9.17) is 10.5 Å². The van der Waals surface area contributed by atoms with E-state index in [9.17, 15) is 22.7 Å². The summed E-state index contributed by atoms with van der Waals surface area (Å²) in [4.78, 5) is 4.63. The Kier molecular flexibility index (Phi) is 14.4. The predicted octanol–water partition coefficient (Wildman–Crippen LogP) is 6.41. The first kappa shape index (κ1) is 38.3. The van der Waals surface area contributed by atoms with Crippen LogP contribution in [0.4, 0.5) is 17.6 Å². The summed E-state index contributed by atoms with van der Waals surface area (Å²) in [6.45, 7) is 0.270. The Morgan fingerprint density at radius 3 is 2.26 bits per heavy atom. The van der Waals surface area contributed by atoms with Crippen molar-refractivity contribution in [2.75, 3.05) is 6.54 Å². The quantitative estimate of drug-likeness (QED) is 0.239. The summed E-state index contributed by atoms with van der Waals surface area (Å²) in [6, 6.07) is 4.99. The number of alkyl halides is 4. The number of nitrogens with zero attached hydrogens (tertiary/aromatic N) is 1. The van der Waals surface area contributed by atoms with E-state index in [0.717, 1.165) is 49.3 Å². The number of aliphatic hydroxyl groups is 1. The van der Waals surface area contributed by atoms with Crippen LogP contribution in [0.5, 0.6) is 17.4 Å². The van der Waals surface area contributed by atoms with Crippen molar-refractivity contribution in [1.29, 1.82) is 0 Å². The van der Waals surface area contributed by atoms with Crippen LogP contribution in [0.2, 0.25) is 0 Å². The molecular weight excluding hydrogens is 625 g/mol. The van der Waals surface area contributed by atoms with Gasteiger partial charge in [0.1, 0.15) is 5.60 Å². The van der Waals surface area contributed by atoms with Gasteiger partial charge in [-0.3, -0.25) is 0 Å². The summed E-state index contributed by atoms with van der Waals surface area (Å²) < 4.78 is 65.7. The average Bonchev–Trinajstić information content (AvgIpc) is 2.81. The van der Waals surface area contributed by atoms with Crippen molar-refractivity contribution in [2.45, 2.75) is 96.3 Å². The molecule has 4 N–H and O–H groups in total. The standard InChI is InChI=1S/C28H37F4N3O4.3ClH/c1-27(2,3)12-17-9-18-20(13-28(7-4-8-28)39-24(18)35-14-17)34-15-21(36)19(33)10-16-5-6-22(37-25(29)30)23(11-16)38-26(31)32;;;/h5-6,9,11,14,19-21,25-26,34,36H,4,7-8,10,12-13,15,33H2,1-3H3;3*1H/t19-,20-,21+;;;/m0.../s1. The lowest BCUT2D eigenvalue weighted by atomic mass is 9.73. The van der Waals surface area contributed by atoms with Crippen LogP contribution in [-0.4, -0.2) is 47.6 Å². The van der Waals surface area contributed by atoms with Crippen LogP contribution in [0.3, 0.4) is 0 Å². The molecule has 42 heavy (non-hydrogen) atoms. The fraction of sp³-hybridized carbons (Fsp3) is 0.607. The molecule has 0 unspecified atom stereocenters. The van der Waals surface area contributed by atoms with Crippen LogP contribution in [0.25, 0.3) is 0 Å². The smallest absolute Gasteiger partial charge is 0.387 e. The summed E-state index contributed by atoms with van der Waals surface area (Å²) in [7, 11) is 0. The fourth-order valence-corrected chi connectivity index (χ4v) is 5.23. The molecule has 7 nitrogen and oxygen atoms in total. The lowest BCUT2D eigenvalue weighted by molar-refractivity contribution is -0.0692. The first-order chi connectivity index (χ1) is 18.3. The highest BCUT2D eigenvalue weighted by Crippen LogP contribution is 2.48. The number of hydrogen-bond acceptors (Lipinski definition) is 7. The fourth-order valence-electron chi connectivity index (χ4n) is 5.23. The second-order valence-corrected chi connectivity index (χ2v) is 11.8. The van der Waals surface area contributed by atoms with Crippen molar-refractivity contribution in [3.63, 3.8) is 0 Å². The highest BCUT2D eigenvalue weighted by atomic mass is 35.5. The monoisotopic (exact) mass is 663 g/mol. The van der Waals surface area contributed by atoms with Gasteiger partial charge in [-0.15, -0.1) is 37.2 Å². The Morgan fingerprint density at radius 2 is 1.69 bits per heavy atom. The number of pyridine rings is 1.